The van der Waals surface area contributed by atoms with Crippen molar-refractivity contribution < 1.29 is 14.7 Å². The molecule has 5 heteroatoms. The molecular formula is C13H24N2O3. The molecule has 2 amide bonds. The zero-order valence-electron chi connectivity index (χ0n) is 11.5. The minimum Gasteiger partial charge on any atom is -0.481 e. The maximum atomic E-state index is 11.8. The number of piperidine rings is 1. The molecule has 104 valence electrons. The molecule has 1 rings (SSSR count). The minimum absolute atomic E-state index is 0.134. The lowest BCUT2D eigenvalue weighted by Crippen LogP contribution is -2.46. The van der Waals surface area contributed by atoms with Gasteiger partial charge in [0.1, 0.15) is 0 Å². The van der Waals surface area contributed by atoms with E-state index in [1.165, 1.54) is 0 Å². The molecule has 0 radical (unpaired) electrons. The van der Waals surface area contributed by atoms with E-state index < -0.39 is 11.9 Å². The molecule has 1 unspecified atom stereocenters. The number of nitrogens with one attached hydrogen (secondary N) is 1. The van der Waals surface area contributed by atoms with Crippen LogP contribution in [-0.2, 0) is 4.79 Å². The summed E-state index contributed by atoms with van der Waals surface area (Å²) in [7, 11) is 0. The highest BCUT2D eigenvalue weighted by Gasteiger charge is 2.24. The first kappa shape index (κ1) is 14.8. The minimum atomic E-state index is -0.881. The number of carboxylic acid groups (broad SMARTS) is 1. The van der Waals surface area contributed by atoms with Gasteiger partial charge in [0.25, 0.3) is 0 Å². The van der Waals surface area contributed by atoms with Crippen LogP contribution in [0.3, 0.4) is 0 Å². The third kappa shape index (κ3) is 4.20. The lowest BCUT2D eigenvalue weighted by Gasteiger charge is -2.34. The average Bonchev–Trinajstić information content (AvgIpc) is 2.35. The van der Waals surface area contributed by atoms with Gasteiger partial charge in [-0.3, -0.25) is 4.79 Å². The highest BCUT2D eigenvalue weighted by Crippen LogP contribution is 2.24. The van der Waals surface area contributed by atoms with E-state index in [-0.39, 0.29) is 12.6 Å². The molecule has 1 heterocycles. The molecule has 1 aliphatic heterocycles. The molecule has 5 nitrogen and oxygen atoms in total. The Morgan fingerprint density at radius 1 is 1.28 bits per heavy atom. The summed E-state index contributed by atoms with van der Waals surface area (Å²) in [5, 5.41) is 11.4. The molecule has 1 aliphatic rings. The molecule has 1 atom stereocenters. The highest BCUT2D eigenvalue weighted by molar-refractivity contribution is 5.76. The monoisotopic (exact) mass is 256 g/mol. The van der Waals surface area contributed by atoms with Gasteiger partial charge >= 0.3 is 12.0 Å². The fraction of sp³-hybridized carbons (Fsp3) is 0.846. The lowest BCUT2D eigenvalue weighted by molar-refractivity contribution is -0.140. The first-order chi connectivity index (χ1) is 8.41. The van der Waals surface area contributed by atoms with Crippen LogP contribution in [-0.4, -0.2) is 41.6 Å². The largest absolute Gasteiger partial charge is 0.481 e. The third-order valence-electron chi connectivity index (χ3n) is 3.75. The van der Waals surface area contributed by atoms with Crippen molar-refractivity contribution in [1.82, 2.24) is 10.2 Å². The van der Waals surface area contributed by atoms with Crippen LogP contribution in [0.1, 0.15) is 33.6 Å². The van der Waals surface area contributed by atoms with Gasteiger partial charge in [-0.1, -0.05) is 20.8 Å². The van der Waals surface area contributed by atoms with Gasteiger partial charge in [0.15, 0.2) is 0 Å². The Kier molecular flexibility index (Phi) is 5.44. The second kappa shape index (κ2) is 6.61. The fourth-order valence-corrected chi connectivity index (χ4v) is 2.21. The Morgan fingerprint density at radius 3 is 2.28 bits per heavy atom. The van der Waals surface area contributed by atoms with Crippen LogP contribution < -0.4 is 5.32 Å². The molecule has 0 spiro atoms. The van der Waals surface area contributed by atoms with E-state index in [0.717, 1.165) is 25.9 Å². The smallest absolute Gasteiger partial charge is 0.317 e. The number of likely N-dealkylation sites (tertiary alicyclic amines) is 1. The molecule has 2 N–H and O–H groups in total. The summed E-state index contributed by atoms with van der Waals surface area (Å²) >= 11 is 0. The molecular weight excluding hydrogens is 232 g/mol. The summed E-state index contributed by atoms with van der Waals surface area (Å²) in [4.78, 5) is 24.2. The summed E-state index contributed by atoms with van der Waals surface area (Å²) in [5.41, 5.74) is 0. The van der Waals surface area contributed by atoms with E-state index in [1.807, 2.05) is 0 Å². The average molecular weight is 256 g/mol. The topological polar surface area (TPSA) is 69.6 Å². The quantitative estimate of drug-likeness (QED) is 0.805. The van der Waals surface area contributed by atoms with Gasteiger partial charge in [0, 0.05) is 19.6 Å². The van der Waals surface area contributed by atoms with E-state index in [0.29, 0.717) is 11.8 Å². The molecule has 0 aliphatic carbocycles. The molecule has 0 aromatic rings. The summed E-state index contributed by atoms with van der Waals surface area (Å²) in [5.74, 6) is -0.0507. The van der Waals surface area contributed by atoms with Crippen LogP contribution in [0.15, 0.2) is 0 Å². The number of carboxylic acids is 1. The Balaban J connectivity index is 2.30. The zero-order chi connectivity index (χ0) is 13.7. The van der Waals surface area contributed by atoms with Crippen molar-refractivity contribution in [2.24, 2.45) is 17.8 Å². The van der Waals surface area contributed by atoms with Gasteiger partial charge in [-0.25, -0.2) is 4.79 Å². The number of urea groups is 1. The van der Waals surface area contributed by atoms with Crippen molar-refractivity contribution in [1.29, 1.82) is 0 Å². The standard InChI is InChI=1S/C13H24N2O3/c1-9(2)11-4-6-15(7-5-11)13(18)14-8-10(3)12(16)17/h9-11H,4-8H2,1-3H3,(H,14,18)(H,16,17). The Hall–Kier alpha value is -1.26. The van der Waals surface area contributed by atoms with Gasteiger partial charge < -0.3 is 15.3 Å². The maximum Gasteiger partial charge on any atom is 0.317 e. The van der Waals surface area contributed by atoms with Crippen LogP contribution in [0.4, 0.5) is 4.79 Å². The van der Waals surface area contributed by atoms with Crippen LogP contribution in [0.25, 0.3) is 0 Å². The molecule has 0 aromatic carbocycles. The number of hydrogen-bond acceptors (Lipinski definition) is 2. The Morgan fingerprint density at radius 2 is 1.83 bits per heavy atom. The van der Waals surface area contributed by atoms with Gasteiger partial charge in [-0.15, -0.1) is 0 Å². The lowest BCUT2D eigenvalue weighted by atomic mass is 9.87. The highest BCUT2D eigenvalue weighted by atomic mass is 16.4. The number of hydrogen-bond donors (Lipinski definition) is 2. The fourth-order valence-electron chi connectivity index (χ4n) is 2.21. The predicted octanol–water partition coefficient (Wildman–Crippen LogP) is 1.78. The van der Waals surface area contributed by atoms with Crippen molar-refractivity contribution >= 4 is 12.0 Å². The van der Waals surface area contributed by atoms with E-state index >= 15 is 0 Å². The normalized spacial score (nSPS) is 18.8. The maximum absolute atomic E-state index is 11.8. The summed E-state index contributed by atoms with van der Waals surface area (Å²) in [6.45, 7) is 7.77. The summed E-state index contributed by atoms with van der Waals surface area (Å²) in [6, 6.07) is -0.134. The number of aliphatic carboxylic acids is 1. The van der Waals surface area contributed by atoms with Crippen molar-refractivity contribution in [3.63, 3.8) is 0 Å². The van der Waals surface area contributed by atoms with Crippen LogP contribution in [0.5, 0.6) is 0 Å². The zero-order valence-corrected chi connectivity index (χ0v) is 11.5. The van der Waals surface area contributed by atoms with Crippen LogP contribution in [0.2, 0.25) is 0 Å². The molecule has 18 heavy (non-hydrogen) atoms. The van der Waals surface area contributed by atoms with Crippen molar-refractivity contribution in [2.45, 2.75) is 33.6 Å². The number of amides is 2. The second-order valence-corrected chi connectivity index (χ2v) is 5.49. The molecule has 1 saturated heterocycles. The molecule has 0 bridgehead atoms. The third-order valence-corrected chi connectivity index (χ3v) is 3.75. The van der Waals surface area contributed by atoms with Gasteiger partial charge in [-0.2, -0.15) is 0 Å². The number of nitrogens with zero attached hydrogens (tertiary/aromatic N) is 1. The number of carbonyl (C=O) groups is 2. The first-order valence-electron chi connectivity index (χ1n) is 6.67. The second-order valence-electron chi connectivity index (χ2n) is 5.49. The first-order valence-corrected chi connectivity index (χ1v) is 6.67. The van der Waals surface area contributed by atoms with Crippen molar-refractivity contribution in [3.8, 4) is 0 Å². The van der Waals surface area contributed by atoms with Crippen molar-refractivity contribution in [2.75, 3.05) is 19.6 Å². The van der Waals surface area contributed by atoms with Gasteiger partial charge in [-0.05, 0) is 24.7 Å². The molecule has 1 fully saturated rings. The molecule has 0 saturated carbocycles. The van der Waals surface area contributed by atoms with E-state index in [1.54, 1.807) is 11.8 Å². The molecule has 0 aromatic heterocycles. The Labute approximate surface area is 109 Å². The van der Waals surface area contributed by atoms with E-state index in [4.69, 9.17) is 5.11 Å². The number of carbonyl (C=O) groups excluding carboxylic acids is 1. The summed E-state index contributed by atoms with van der Waals surface area (Å²) in [6.07, 6.45) is 2.08. The Bertz CT molecular complexity index is 297. The van der Waals surface area contributed by atoms with Gasteiger partial charge in [0.2, 0.25) is 0 Å². The van der Waals surface area contributed by atoms with E-state index in [9.17, 15) is 9.59 Å². The number of rotatable bonds is 4. The van der Waals surface area contributed by atoms with E-state index in [2.05, 4.69) is 19.2 Å². The predicted molar refractivity (Wildman–Crippen MR) is 69.3 cm³/mol. The van der Waals surface area contributed by atoms with Crippen LogP contribution >= 0.6 is 0 Å². The van der Waals surface area contributed by atoms with Crippen LogP contribution in [0, 0.1) is 17.8 Å². The SMILES string of the molecule is CC(CNC(=O)N1CCC(C(C)C)CC1)C(=O)O. The van der Waals surface area contributed by atoms with Crippen molar-refractivity contribution in [3.05, 3.63) is 0 Å². The van der Waals surface area contributed by atoms with Gasteiger partial charge in [0.05, 0.1) is 5.92 Å². The summed E-state index contributed by atoms with van der Waals surface area (Å²) < 4.78 is 0.